The first-order valence-electron chi connectivity index (χ1n) is 3.50. The Kier molecular flexibility index (Phi) is 2.09. The Morgan fingerprint density at radius 2 is 2.38 bits per heavy atom. The highest BCUT2D eigenvalue weighted by Crippen LogP contribution is 2.29. The monoisotopic (exact) mass is 258 g/mol. The number of H-pyrrole nitrogens is 1. The highest BCUT2D eigenvalue weighted by atomic mass is 79.9. The standard InChI is InChI=1S/C8H4BrClN2O/c9-5-2-12-8(10)7-6(5)4(3-13)1-11-7/h1-3,11H. The van der Waals surface area contributed by atoms with Crippen LogP contribution < -0.4 is 0 Å². The molecule has 0 fully saturated rings. The average molecular weight is 259 g/mol. The number of hydrogen-bond donors (Lipinski definition) is 1. The van der Waals surface area contributed by atoms with Gasteiger partial charge in [-0.25, -0.2) is 4.98 Å². The van der Waals surface area contributed by atoms with E-state index in [0.29, 0.717) is 16.2 Å². The van der Waals surface area contributed by atoms with E-state index in [1.807, 2.05) is 0 Å². The molecule has 0 bridgehead atoms. The first-order valence-corrected chi connectivity index (χ1v) is 4.67. The fraction of sp³-hybridized carbons (Fsp3) is 0. The summed E-state index contributed by atoms with van der Waals surface area (Å²) in [6.45, 7) is 0. The lowest BCUT2D eigenvalue weighted by molar-refractivity contribution is 0.112. The third-order valence-electron chi connectivity index (χ3n) is 1.77. The van der Waals surface area contributed by atoms with Crippen LogP contribution in [0.1, 0.15) is 10.4 Å². The topological polar surface area (TPSA) is 45.8 Å². The van der Waals surface area contributed by atoms with Crippen molar-refractivity contribution in [1.29, 1.82) is 0 Å². The molecule has 66 valence electrons. The molecule has 0 atom stereocenters. The molecule has 2 aromatic rings. The zero-order valence-electron chi connectivity index (χ0n) is 6.34. The smallest absolute Gasteiger partial charge is 0.153 e. The normalized spacial score (nSPS) is 10.6. The minimum atomic E-state index is 0.367. The van der Waals surface area contributed by atoms with Crippen LogP contribution in [0.3, 0.4) is 0 Å². The highest BCUT2D eigenvalue weighted by molar-refractivity contribution is 9.10. The predicted molar refractivity (Wildman–Crippen MR) is 54.2 cm³/mol. The Hall–Kier alpha value is -0.870. The van der Waals surface area contributed by atoms with Crippen molar-refractivity contribution >= 4 is 44.7 Å². The van der Waals surface area contributed by atoms with Crippen molar-refractivity contribution in [2.45, 2.75) is 0 Å². The Labute approximate surface area is 87.2 Å². The van der Waals surface area contributed by atoms with Crippen LogP contribution in [0.4, 0.5) is 0 Å². The second-order valence-corrected chi connectivity index (χ2v) is 3.72. The first kappa shape index (κ1) is 8.72. The number of pyridine rings is 1. The summed E-state index contributed by atoms with van der Waals surface area (Å²) in [7, 11) is 0. The molecule has 2 aromatic heterocycles. The van der Waals surface area contributed by atoms with Crippen LogP contribution in [-0.2, 0) is 0 Å². The van der Waals surface area contributed by atoms with Crippen LogP contribution in [0.5, 0.6) is 0 Å². The molecule has 0 aromatic carbocycles. The quantitative estimate of drug-likeness (QED) is 0.632. The van der Waals surface area contributed by atoms with Crippen molar-refractivity contribution in [2.75, 3.05) is 0 Å². The van der Waals surface area contributed by atoms with E-state index in [9.17, 15) is 4.79 Å². The van der Waals surface area contributed by atoms with Gasteiger partial charge in [-0.1, -0.05) is 11.6 Å². The molecule has 0 unspecified atom stereocenters. The highest BCUT2D eigenvalue weighted by Gasteiger charge is 2.09. The van der Waals surface area contributed by atoms with E-state index in [-0.39, 0.29) is 0 Å². The molecule has 0 saturated heterocycles. The first-order chi connectivity index (χ1) is 6.24. The van der Waals surface area contributed by atoms with E-state index in [2.05, 4.69) is 25.9 Å². The minimum Gasteiger partial charge on any atom is -0.358 e. The van der Waals surface area contributed by atoms with Gasteiger partial charge in [0.15, 0.2) is 11.4 Å². The lowest BCUT2D eigenvalue weighted by Crippen LogP contribution is -1.81. The Morgan fingerprint density at radius 1 is 1.62 bits per heavy atom. The summed E-state index contributed by atoms with van der Waals surface area (Å²) in [6, 6.07) is 0. The van der Waals surface area contributed by atoms with E-state index in [0.717, 1.165) is 16.1 Å². The number of halogens is 2. The van der Waals surface area contributed by atoms with Crippen molar-refractivity contribution < 1.29 is 4.79 Å². The Bertz CT molecular complexity index is 480. The van der Waals surface area contributed by atoms with Gasteiger partial charge in [-0.05, 0) is 15.9 Å². The van der Waals surface area contributed by atoms with Crippen molar-refractivity contribution in [3.63, 3.8) is 0 Å². The second-order valence-electron chi connectivity index (χ2n) is 2.51. The van der Waals surface area contributed by atoms with Gasteiger partial charge in [-0.3, -0.25) is 4.79 Å². The van der Waals surface area contributed by atoms with Gasteiger partial charge in [0.1, 0.15) is 0 Å². The number of aldehydes is 1. The van der Waals surface area contributed by atoms with Crippen molar-refractivity contribution in [3.8, 4) is 0 Å². The molecular formula is C8H4BrClN2O. The molecule has 2 rings (SSSR count). The summed E-state index contributed by atoms with van der Waals surface area (Å²) in [4.78, 5) is 17.5. The van der Waals surface area contributed by atoms with Gasteiger partial charge in [-0.15, -0.1) is 0 Å². The van der Waals surface area contributed by atoms with Gasteiger partial charge < -0.3 is 4.98 Å². The summed E-state index contributed by atoms with van der Waals surface area (Å²) in [6.07, 6.45) is 3.96. The zero-order valence-corrected chi connectivity index (χ0v) is 8.69. The number of nitrogens with zero attached hydrogens (tertiary/aromatic N) is 1. The van der Waals surface area contributed by atoms with Crippen molar-refractivity contribution in [1.82, 2.24) is 9.97 Å². The van der Waals surface area contributed by atoms with Crippen molar-refractivity contribution in [2.24, 2.45) is 0 Å². The fourth-order valence-corrected chi connectivity index (χ4v) is 1.92. The third-order valence-corrected chi connectivity index (χ3v) is 2.66. The maximum absolute atomic E-state index is 10.6. The van der Waals surface area contributed by atoms with Crippen molar-refractivity contribution in [3.05, 3.63) is 27.6 Å². The third kappa shape index (κ3) is 1.26. The van der Waals surface area contributed by atoms with Gasteiger partial charge in [0.25, 0.3) is 0 Å². The molecule has 5 heteroatoms. The number of fused-ring (bicyclic) bond motifs is 1. The van der Waals surface area contributed by atoms with Gasteiger partial charge in [0, 0.05) is 27.8 Å². The average Bonchev–Trinajstić information content (AvgIpc) is 2.56. The van der Waals surface area contributed by atoms with E-state index in [1.54, 1.807) is 12.4 Å². The molecule has 0 spiro atoms. The van der Waals surface area contributed by atoms with E-state index in [4.69, 9.17) is 11.6 Å². The number of hydrogen-bond acceptors (Lipinski definition) is 2. The molecule has 0 aliphatic heterocycles. The predicted octanol–water partition coefficient (Wildman–Crippen LogP) is 2.79. The second kappa shape index (κ2) is 3.12. The minimum absolute atomic E-state index is 0.367. The van der Waals surface area contributed by atoms with Crippen LogP contribution in [0.2, 0.25) is 5.15 Å². The number of carbonyl (C=O) groups is 1. The number of carbonyl (C=O) groups excluding carboxylic acids is 1. The lowest BCUT2D eigenvalue weighted by atomic mass is 10.2. The molecule has 1 N–H and O–H groups in total. The van der Waals surface area contributed by atoms with Gasteiger partial charge in [0.2, 0.25) is 0 Å². The molecule has 0 aliphatic carbocycles. The van der Waals surface area contributed by atoms with Crippen LogP contribution in [0.25, 0.3) is 10.9 Å². The molecule has 0 saturated carbocycles. The van der Waals surface area contributed by atoms with Gasteiger partial charge in [0.05, 0.1) is 5.52 Å². The summed E-state index contributed by atoms with van der Waals surface area (Å²) in [5.41, 5.74) is 1.25. The Balaban J connectivity index is 2.95. The molecule has 2 heterocycles. The van der Waals surface area contributed by atoms with E-state index >= 15 is 0 Å². The molecule has 0 radical (unpaired) electrons. The number of aromatic amines is 1. The summed E-state index contributed by atoms with van der Waals surface area (Å²) < 4.78 is 0.759. The maximum Gasteiger partial charge on any atom is 0.153 e. The molecule has 0 amide bonds. The number of nitrogens with one attached hydrogen (secondary N) is 1. The summed E-state index contributed by atoms with van der Waals surface area (Å²) in [5, 5.41) is 1.14. The van der Waals surface area contributed by atoms with Gasteiger partial charge in [-0.2, -0.15) is 0 Å². The Morgan fingerprint density at radius 3 is 3.08 bits per heavy atom. The molecule has 3 nitrogen and oxygen atoms in total. The molecule has 0 aliphatic rings. The van der Waals surface area contributed by atoms with E-state index in [1.165, 1.54) is 0 Å². The zero-order chi connectivity index (χ0) is 9.42. The van der Waals surface area contributed by atoms with Crippen LogP contribution in [-0.4, -0.2) is 16.3 Å². The molecular weight excluding hydrogens is 255 g/mol. The summed E-state index contributed by atoms with van der Waals surface area (Å²) in [5.74, 6) is 0. The summed E-state index contributed by atoms with van der Waals surface area (Å²) >= 11 is 9.12. The SMILES string of the molecule is O=Cc1c[nH]c2c(Cl)ncc(Br)c12. The fourth-order valence-electron chi connectivity index (χ4n) is 1.19. The molecule has 13 heavy (non-hydrogen) atoms. The van der Waals surface area contributed by atoms with Crippen LogP contribution in [0.15, 0.2) is 16.9 Å². The lowest BCUT2D eigenvalue weighted by Gasteiger charge is -1.96. The van der Waals surface area contributed by atoms with Crippen LogP contribution in [0, 0.1) is 0 Å². The van der Waals surface area contributed by atoms with E-state index < -0.39 is 0 Å². The maximum atomic E-state index is 10.6. The van der Waals surface area contributed by atoms with Gasteiger partial charge >= 0.3 is 0 Å². The largest absolute Gasteiger partial charge is 0.358 e. The number of aromatic nitrogens is 2. The van der Waals surface area contributed by atoms with Crippen LogP contribution >= 0.6 is 27.5 Å². The number of rotatable bonds is 1.